The normalized spacial score (nSPS) is 10.8. The third kappa shape index (κ3) is 2.54. The average molecular weight is 269 g/mol. The molecule has 6 heteroatoms. The van der Waals surface area contributed by atoms with Crippen molar-refractivity contribution in [1.82, 2.24) is 19.7 Å². The molecule has 0 unspecified atom stereocenters. The first-order chi connectivity index (χ1) is 9.84. The Kier molecular flexibility index (Phi) is 3.45. The standard InChI is InChI=1S/C14H15N5O/c15-13-12-9-18-19(14(12)17-10-16-13)7-4-8-20-11-5-2-1-3-6-11/h1-3,5-6,9-10H,4,7-8H2,(H2,15,16,17). The molecule has 0 saturated carbocycles. The quantitative estimate of drug-likeness (QED) is 0.715. The average Bonchev–Trinajstić information content (AvgIpc) is 2.90. The first-order valence-corrected chi connectivity index (χ1v) is 6.44. The summed E-state index contributed by atoms with van der Waals surface area (Å²) in [5.41, 5.74) is 6.53. The van der Waals surface area contributed by atoms with E-state index in [0.717, 1.165) is 29.7 Å². The summed E-state index contributed by atoms with van der Waals surface area (Å²) in [4.78, 5) is 8.15. The number of nitrogens with zero attached hydrogens (tertiary/aromatic N) is 4. The van der Waals surface area contributed by atoms with Gasteiger partial charge in [-0.2, -0.15) is 5.10 Å². The molecule has 0 aliphatic heterocycles. The molecule has 0 spiro atoms. The van der Waals surface area contributed by atoms with Gasteiger partial charge < -0.3 is 10.5 Å². The molecule has 0 radical (unpaired) electrons. The third-order valence-electron chi connectivity index (χ3n) is 2.99. The zero-order valence-corrected chi connectivity index (χ0v) is 10.9. The van der Waals surface area contributed by atoms with Crippen LogP contribution in [0.25, 0.3) is 11.0 Å². The van der Waals surface area contributed by atoms with Crippen LogP contribution in [0.3, 0.4) is 0 Å². The fourth-order valence-corrected chi connectivity index (χ4v) is 2.00. The minimum atomic E-state index is 0.460. The fourth-order valence-electron chi connectivity index (χ4n) is 2.00. The van der Waals surface area contributed by atoms with E-state index in [1.54, 1.807) is 6.20 Å². The van der Waals surface area contributed by atoms with Crippen LogP contribution in [0.5, 0.6) is 5.75 Å². The molecule has 0 amide bonds. The minimum absolute atomic E-state index is 0.460. The van der Waals surface area contributed by atoms with E-state index in [9.17, 15) is 0 Å². The molecule has 102 valence electrons. The van der Waals surface area contributed by atoms with Crippen LogP contribution in [0, 0.1) is 0 Å². The van der Waals surface area contributed by atoms with Crippen LogP contribution in [0.4, 0.5) is 5.82 Å². The highest BCUT2D eigenvalue weighted by atomic mass is 16.5. The molecule has 0 bridgehead atoms. The molecule has 1 aromatic carbocycles. The molecular formula is C14H15N5O. The first kappa shape index (κ1) is 12.4. The Morgan fingerprint density at radius 3 is 2.85 bits per heavy atom. The zero-order valence-electron chi connectivity index (χ0n) is 10.9. The summed E-state index contributed by atoms with van der Waals surface area (Å²) in [6, 6.07) is 9.76. The summed E-state index contributed by atoms with van der Waals surface area (Å²) in [5, 5.41) is 5.07. The summed E-state index contributed by atoms with van der Waals surface area (Å²) in [6.45, 7) is 1.36. The van der Waals surface area contributed by atoms with Crippen LogP contribution in [0.1, 0.15) is 6.42 Å². The number of aromatic nitrogens is 4. The number of rotatable bonds is 5. The Morgan fingerprint density at radius 1 is 1.15 bits per heavy atom. The Morgan fingerprint density at radius 2 is 2.00 bits per heavy atom. The molecule has 20 heavy (non-hydrogen) atoms. The molecule has 0 fully saturated rings. The number of anilines is 1. The van der Waals surface area contributed by atoms with E-state index in [2.05, 4.69) is 15.1 Å². The highest BCUT2D eigenvalue weighted by molar-refractivity contribution is 5.84. The van der Waals surface area contributed by atoms with Gasteiger partial charge in [0.25, 0.3) is 0 Å². The number of fused-ring (bicyclic) bond motifs is 1. The molecular weight excluding hydrogens is 254 g/mol. The SMILES string of the molecule is Nc1ncnc2c1cnn2CCCOc1ccccc1. The van der Waals surface area contributed by atoms with Gasteiger partial charge >= 0.3 is 0 Å². The second-order valence-electron chi connectivity index (χ2n) is 4.38. The Hall–Kier alpha value is -2.63. The van der Waals surface area contributed by atoms with Crippen molar-refractivity contribution in [2.24, 2.45) is 0 Å². The Labute approximate surface area is 116 Å². The summed E-state index contributed by atoms with van der Waals surface area (Å²) >= 11 is 0. The number of hydrogen-bond acceptors (Lipinski definition) is 5. The first-order valence-electron chi connectivity index (χ1n) is 6.44. The maximum atomic E-state index is 5.77. The topological polar surface area (TPSA) is 78.9 Å². The van der Waals surface area contributed by atoms with Crippen LogP contribution in [-0.2, 0) is 6.54 Å². The summed E-state index contributed by atoms with van der Waals surface area (Å²) in [7, 11) is 0. The molecule has 3 rings (SSSR count). The van der Waals surface area contributed by atoms with Gasteiger partial charge in [0.1, 0.15) is 17.9 Å². The fraction of sp³-hybridized carbons (Fsp3) is 0.214. The van der Waals surface area contributed by atoms with Crippen LogP contribution in [0.15, 0.2) is 42.9 Å². The van der Waals surface area contributed by atoms with Crippen molar-refractivity contribution in [2.75, 3.05) is 12.3 Å². The molecule has 0 saturated heterocycles. The van der Waals surface area contributed by atoms with Gasteiger partial charge in [-0.1, -0.05) is 18.2 Å². The van der Waals surface area contributed by atoms with Crippen molar-refractivity contribution in [3.05, 3.63) is 42.9 Å². The number of nitrogens with two attached hydrogens (primary N) is 1. The van der Waals surface area contributed by atoms with E-state index >= 15 is 0 Å². The Bertz CT molecular complexity index is 695. The molecule has 2 heterocycles. The molecule has 2 aromatic heterocycles. The van der Waals surface area contributed by atoms with Gasteiger partial charge in [-0.15, -0.1) is 0 Å². The van der Waals surface area contributed by atoms with Crippen molar-refractivity contribution in [3.63, 3.8) is 0 Å². The number of para-hydroxylation sites is 1. The van der Waals surface area contributed by atoms with Gasteiger partial charge in [-0.3, -0.25) is 0 Å². The molecule has 0 atom stereocenters. The number of ether oxygens (including phenoxy) is 1. The summed E-state index contributed by atoms with van der Waals surface area (Å²) < 4.78 is 7.46. The van der Waals surface area contributed by atoms with E-state index in [1.807, 2.05) is 35.0 Å². The number of nitrogen functional groups attached to an aromatic ring is 1. The van der Waals surface area contributed by atoms with E-state index in [-0.39, 0.29) is 0 Å². The number of benzene rings is 1. The highest BCUT2D eigenvalue weighted by Gasteiger charge is 2.06. The van der Waals surface area contributed by atoms with Gasteiger partial charge in [-0.05, 0) is 12.1 Å². The van der Waals surface area contributed by atoms with E-state index in [1.165, 1.54) is 6.33 Å². The zero-order chi connectivity index (χ0) is 13.8. The monoisotopic (exact) mass is 269 g/mol. The maximum Gasteiger partial charge on any atom is 0.163 e. The lowest BCUT2D eigenvalue weighted by atomic mass is 10.3. The van der Waals surface area contributed by atoms with E-state index < -0.39 is 0 Å². The maximum absolute atomic E-state index is 5.77. The predicted octanol–water partition coefficient (Wildman–Crippen LogP) is 1.88. The molecule has 2 N–H and O–H groups in total. The van der Waals surface area contributed by atoms with Crippen molar-refractivity contribution >= 4 is 16.9 Å². The lowest BCUT2D eigenvalue weighted by Gasteiger charge is -2.06. The van der Waals surface area contributed by atoms with Crippen LogP contribution in [-0.4, -0.2) is 26.4 Å². The van der Waals surface area contributed by atoms with E-state index in [4.69, 9.17) is 10.5 Å². The summed E-state index contributed by atoms with van der Waals surface area (Å²) in [6.07, 6.45) is 3.99. The van der Waals surface area contributed by atoms with Crippen molar-refractivity contribution < 1.29 is 4.74 Å². The lowest BCUT2D eigenvalue weighted by molar-refractivity contribution is 0.299. The predicted molar refractivity (Wildman–Crippen MR) is 76.3 cm³/mol. The van der Waals surface area contributed by atoms with Crippen LogP contribution in [0.2, 0.25) is 0 Å². The van der Waals surface area contributed by atoms with Gasteiger partial charge in [0, 0.05) is 13.0 Å². The van der Waals surface area contributed by atoms with Crippen molar-refractivity contribution in [2.45, 2.75) is 13.0 Å². The molecule has 6 nitrogen and oxygen atoms in total. The lowest BCUT2D eigenvalue weighted by Crippen LogP contribution is -2.06. The van der Waals surface area contributed by atoms with Crippen molar-refractivity contribution in [1.29, 1.82) is 0 Å². The number of hydrogen-bond donors (Lipinski definition) is 1. The molecule has 0 aliphatic rings. The molecule has 0 aliphatic carbocycles. The molecule has 3 aromatic rings. The Balaban J connectivity index is 1.59. The third-order valence-corrected chi connectivity index (χ3v) is 2.99. The van der Waals surface area contributed by atoms with Gasteiger partial charge in [0.2, 0.25) is 0 Å². The second kappa shape index (κ2) is 5.56. The largest absolute Gasteiger partial charge is 0.494 e. The highest BCUT2D eigenvalue weighted by Crippen LogP contribution is 2.15. The minimum Gasteiger partial charge on any atom is -0.494 e. The van der Waals surface area contributed by atoms with Gasteiger partial charge in [0.15, 0.2) is 5.65 Å². The second-order valence-corrected chi connectivity index (χ2v) is 4.38. The van der Waals surface area contributed by atoms with Crippen LogP contribution < -0.4 is 10.5 Å². The summed E-state index contributed by atoms with van der Waals surface area (Å²) in [5.74, 6) is 1.34. The van der Waals surface area contributed by atoms with Gasteiger partial charge in [-0.25, -0.2) is 14.6 Å². The number of aryl methyl sites for hydroxylation is 1. The van der Waals surface area contributed by atoms with Crippen molar-refractivity contribution in [3.8, 4) is 5.75 Å². The van der Waals surface area contributed by atoms with E-state index in [0.29, 0.717) is 12.4 Å². The van der Waals surface area contributed by atoms with Crippen LogP contribution >= 0.6 is 0 Å². The smallest absolute Gasteiger partial charge is 0.163 e. The van der Waals surface area contributed by atoms with Gasteiger partial charge in [0.05, 0.1) is 18.2 Å².